The normalized spacial score (nSPS) is 12.4. The first-order chi connectivity index (χ1) is 14.0. The van der Waals surface area contributed by atoms with Gasteiger partial charge in [-0.15, -0.1) is 0 Å². The van der Waals surface area contributed by atoms with Gasteiger partial charge in [0.1, 0.15) is 6.54 Å². The van der Waals surface area contributed by atoms with Crippen LogP contribution in [0.1, 0.15) is 32.2 Å². The third kappa shape index (κ3) is 3.38. The van der Waals surface area contributed by atoms with Gasteiger partial charge in [-0.25, -0.2) is 4.79 Å². The maximum absolute atomic E-state index is 13.2. The summed E-state index contributed by atoms with van der Waals surface area (Å²) in [5.41, 5.74) is 0.476. The largest absolute Gasteiger partial charge is 0.337 e. The van der Waals surface area contributed by atoms with E-state index in [0.29, 0.717) is 33.7 Å². The number of aromatic nitrogens is 4. The lowest BCUT2D eigenvalue weighted by atomic mass is 10.2. The van der Waals surface area contributed by atoms with Gasteiger partial charge >= 0.3 is 5.69 Å². The van der Waals surface area contributed by atoms with E-state index in [1.807, 2.05) is 26.0 Å². The summed E-state index contributed by atoms with van der Waals surface area (Å²) in [5, 5.41) is 4.97. The monoisotopic (exact) mass is 410 g/mol. The molecule has 148 valence electrons. The average Bonchev–Trinajstić information content (AvgIpc) is 3.19. The van der Waals surface area contributed by atoms with Gasteiger partial charge in [0.2, 0.25) is 11.7 Å². The highest BCUT2D eigenvalue weighted by Gasteiger charge is 2.19. The molecule has 0 amide bonds. The second-order valence-electron chi connectivity index (χ2n) is 6.81. The molecule has 0 fully saturated rings. The van der Waals surface area contributed by atoms with Crippen molar-refractivity contribution in [1.82, 2.24) is 19.3 Å². The van der Waals surface area contributed by atoms with Crippen molar-refractivity contribution in [2.24, 2.45) is 0 Å². The maximum Gasteiger partial charge on any atom is 0.332 e. The Morgan fingerprint density at radius 1 is 1.10 bits per heavy atom. The lowest BCUT2D eigenvalue weighted by Crippen LogP contribution is -2.41. The first-order valence-electron chi connectivity index (χ1n) is 9.32. The Balaban J connectivity index is 1.84. The minimum atomic E-state index is -0.402. The molecule has 4 aromatic rings. The summed E-state index contributed by atoms with van der Waals surface area (Å²) in [4.78, 5) is 30.4. The van der Waals surface area contributed by atoms with Crippen molar-refractivity contribution < 1.29 is 4.52 Å². The molecule has 0 aliphatic rings. The number of halogens is 1. The van der Waals surface area contributed by atoms with Gasteiger partial charge in [0.25, 0.3) is 5.56 Å². The number of rotatable bonds is 5. The number of para-hydroxylation sites is 1. The van der Waals surface area contributed by atoms with Crippen LogP contribution in [0.2, 0.25) is 5.02 Å². The third-order valence-corrected chi connectivity index (χ3v) is 5.32. The number of hydrogen-bond acceptors (Lipinski definition) is 5. The van der Waals surface area contributed by atoms with Gasteiger partial charge in [0.15, 0.2) is 0 Å². The predicted octanol–water partition coefficient (Wildman–Crippen LogP) is 3.89. The van der Waals surface area contributed by atoms with Gasteiger partial charge < -0.3 is 4.52 Å². The Hall–Kier alpha value is -3.19. The van der Waals surface area contributed by atoms with Crippen molar-refractivity contribution in [1.29, 1.82) is 0 Å². The van der Waals surface area contributed by atoms with Crippen LogP contribution in [0.25, 0.3) is 22.3 Å². The van der Waals surface area contributed by atoms with E-state index in [9.17, 15) is 9.59 Å². The second-order valence-corrected chi connectivity index (χ2v) is 7.22. The fraction of sp³-hybridized carbons (Fsp3) is 0.238. The topological polar surface area (TPSA) is 82.9 Å². The Morgan fingerprint density at radius 2 is 1.83 bits per heavy atom. The second kappa shape index (κ2) is 7.67. The fourth-order valence-corrected chi connectivity index (χ4v) is 3.49. The lowest BCUT2D eigenvalue weighted by molar-refractivity contribution is 0.367. The molecule has 0 saturated heterocycles. The zero-order valence-corrected chi connectivity index (χ0v) is 16.8. The zero-order valence-electron chi connectivity index (χ0n) is 16.0. The molecular formula is C21H19ClN4O3. The molecule has 1 unspecified atom stereocenters. The molecule has 0 radical (unpaired) electrons. The van der Waals surface area contributed by atoms with Crippen LogP contribution in [-0.2, 0) is 6.54 Å². The summed E-state index contributed by atoms with van der Waals surface area (Å²) in [6, 6.07) is 14.0. The molecule has 8 heteroatoms. The van der Waals surface area contributed by atoms with Gasteiger partial charge in [-0.3, -0.25) is 13.9 Å². The molecule has 0 bridgehead atoms. The Morgan fingerprint density at radius 3 is 2.59 bits per heavy atom. The number of fused-ring (bicyclic) bond motifs is 1. The van der Waals surface area contributed by atoms with Gasteiger partial charge in [-0.2, -0.15) is 4.98 Å². The summed E-state index contributed by atoms with van der Waals surface area (Å²) in [6.45, 7) is 3.83. The summed E-state index contributed by atoms with van der Waals surface area (Å²) < 4.78 is 8.15. The maximum atomic E-state index is 13.2. The number of hydrogen-bond donors (Lipinski definition) is 0. The SMILES string of the molecule is CCC(C)n1c(=O)c2ccccc2n(Cc2nc(-c3ccccc3Cl)no2)c1=O. The first kappa shape index (κ1) is 19.1. The quantitative estimate of drug-likeness (QED) is 0.498. The average molecular weight is 411 g/mol. The third-order valence-electron chi connectivity index (χ3n) is 4.99. The molecule has 0 N–H and O–H groups in total. The Labute approximate surface area is 171 Å². The molecule has 2 aromatic heterocycles. The summed E-state index contributed by atoms with van der Waals surface area (Å²) >= 11 is 6.21. The van der Waals surface area contributed by atoms with E-state index in [1.165, 1.54) is 9.13 Å². The van der Waals surface area contributed by atoms with Crippen molar-refractivity contribution in [2.75, 3.05) is 0 Å². The van der Waals surface area contributed by atoms with Crippen molar-refractivity contribution in [3.05, 3.63) is 80.3 Å². The molecule has 0 aliphatic carbocycles. The van der Waals surface area contributed by atoms with E-state index < -0.39 is 5.69 Å². The van der Waals surface area contributed by atoms with E-state index in [0.717, 1.165) is 0 Å². The van der Waals surface area contributed by atoms with E-state index >= 15 is 0 Å². The molecule has 4 rings (SSSR count). The molecule has 0 saturated carbocycles. The lowest BCUT2D eigenvalue weighted by Gasteiger charge is -2.16. The van der Waals surface area contributed by atoms with Crippen LogP contribution < -0.4 is 11.2 Å². The van der Waals surface area contributed by atoms with E-state index in [4.69, 9.17) is 16.1 Å². The van der Waals surface area contributed by atoms with Crippen LogP contribution in [0.5, 0.6) is 0 Å². The molecule has 0 aliphatic heterocycles. The first-order valence-corrected chi connectivity index (χ1v) is 9.70. The smallest absolute Gasteiger partial charge is 0.332 e. The van der Waals surface area contributed by atoms with Crippen molar-refractivity contribution in [3.8, 4) is 11.4 Å². The summed E-state index contributed by atoms with van der Waals surface area (Å²) in [5.74, 6) is 0.597. The van der Waals surface area contributed by atoms with Crippen LogP contribution in [0.4, 0.5) is 0 Å². The zero-order chi connectivity index (χ0) is 20.5. The minimum Gasteiger partial charge on any atom is -0.337 e. The molecular weight excluding hydrogens is 392 g/mol. The number of nitrogens with zero attached hydrogens (tertiary/aromatic N) is 4. The van der Waals surface area contributed by atoms with Crippen LogP contribution in [0, 0.1) is 0 Å². The van der Waals surface area contributed by atoms with Crippen LogP contribution in [0.15, 0.2) is 62.6 Å². The summed E-state index contributed by atoms with van der Waals surface area (Å²) in [6.07, 6.45) is 0.657. The van der Waals surface area contributed by atoms with Crippen LogP contribution in [-0.4, -0.2) is 19.3 Å². The van der Waals surface area contributed by atoms with Crippen LogP contribution in [0.3, 0.4) is 0 Å². The minimum absolute atomic E-state index is 0.0491. The highest BCUT2D eigenvalue weighted by Crippen LogP contribution is 2.25. The highest BCUT2D eigenvalue weighted by molar-refractivity contribution is 6.33. The van der Waals surface area contributed by atoms with Gasteiger partial charge in [-0.05, 0) is 37.6 Å². The van der Waals surface area contributed by atoms with Crippen molar-refractivity contribution in [3.63, 3.8) is 0 Å². The highest BCUT2D eigenvalue weighted by atomic mass is 35.5. The number of benzene rings is 2. The molecule has 0 spiro atoms. The standard InChI is InChI=1S/C21H19ClN4O3/c1-3-13(2)26-20(27)15-9-5-7-11-17(15)25(21(26)28)12-18-23-19(24-29-18)14-8-4-6-10-16(14)22/h4-11,13H,3,12H2,1-2H3. The van der Waals surface area contributed by atoms with Crippen molar-refractivity contribution in [2.45, 2.75) is 32.9 Å². The Bertz CT molecular complexity index is 1310. The van der Waals surface area contributed by atoms with Gasteiger partial charge in [-0.1, -0.05) is 47.9 Å². The molecule has 29 heavy (non-hydrogen) atoms. The Kier molecular flexibility index (Phi) is 5.07. The van der Waals surface area contributed by atoms with E-state index in [-0.39, 0.29) is 24.0 Å². The predicted molar refractivity (Wildman–Crippen MR) is 111 cm³/mol. The van der Waals surface area contributed by atoms with Gasteiger partial charge in [0.05, 0.1) is 15.9 Å². The van der Waals surface area contributed by atoms with E-state index in [2.05, 4.69) is 10.1 Å². The fourth-order valence-electron chi connectivity index (χ4n) is 3.27. The van der Waals surface area contributed by atoms with Crippen molar-refractivity contribution >= 4 is 22.5 Å². The van der Waals surface area contributed by atoms with E-state index in [1.54, 1.807) is 36.4 Å². The molecule has 2 aromatic carbocycles. The summed E-state index contributed by atoms with van der Waals surface area (Å²) in [7, 11) is 0. The molecule has 2 heterocycles. The molecule has 1 atom stereocenters. The molecule has 7 nitrogen and oxygen atoms in total. The van der Waals surface area contributed by atoms with Crippen LogP contribution >= 0.6 is 11.6 Å². The van der Waals surface area contributed by atoms with Gasteiger partial charge in [0, 0.05) is 11.6 Å².